The number of nitrogens with one attached hydrogen (secondary N) is 2. The maximum atomic E-state index is 13.6. The van der Waals surface area contributed by atoms with E-state index in [9.17, 15) is 23.7 Å². The first-order valence-electron chi connectivity index (χ1n) is 11.9. The Labute approximate surface area is 236 Å². The molecule has 0 aliphatic carbocycles. The number of imidazole rings is 1. The second-order valence-electron chi connectivity index (χ2n) is 8.65. The van der Waals surface area contributed by atoms with E-state index < -0.39 is 10.6 Å². The predicted octanol–water partition coefficient (Wildman–Crippen LogP) is 5.28. The molecule has 0 saturated carbocycles. The zero-order valence-electron chi connectivity index (χ0n) is 20.7. The second-order valence-corrected chi connectivity index (χ2v) is 10.8. The van der Waals surface area contributed by atoms with Crippen molar-refractivity contribution in [2.75, 3.05) is 10.6 Å². The molecule has 16 heteroatoms. The maximum Gasteiger partial charge on any atom is 0.329 e. The Morgan fingerprint density at radius 2 is 1.22 bits per heavy atom. The van der Waals surface area contributed by atoms with Gasteiger partial charge in [-0.3, -0.25) is 19.2 Å². The van der Waals surface area contributed by atoms with Crippen molar-refractivity contribution in [2.24, 2.45) is 0 Å². The summed E-state index contributed by atoms with van der Waals surface area (Å²) in [5.41, 5.74) is 1.47. The first-order valence-corrected chi connectivity index (χ1v) is 13.5. The normalized spacial score (nSPS) is 11.2. The summed E-state index contributed by atoms with van der Waals surface area (Å²) in [5.74, 6) is -0.731. The zero-order chi connectivity index (χ0) is 28.5. The van der Waals surface area contributed by atoms with Crippen LogP contribution in [0.5, 0.6) is 0 Å². The molecule has 0 fully saturated rings. The van der Waals surface area contributed by atoms with E-state index in [2.05, 4.69) is 31.0 Å². The Morgan fingerprint density at radius 3 is 1.71 bits per heavy atom. The van der Waals surface area contributed by atoms with Gasteiger partial charge in [-0.05, 0) is 54.6 Å². The van der Waals surface area contributed by atoms with Crippen LogP contribution in [0.1, 0.15) is 10.0 Å². The Morgan fingerprint density at radius 1 is 0.732 bits per heavy atom. The molecular weight excluding hydrogens is 576 g/mol. The van der Waals surface area contributed by atoms with Gasteiger partial charge in [0.25, 0.3) is 5.69 Å². The lowest BCUT2D eigenvalue weighted by Gasteiger charge is -2.01. The number of non-ortho nitro benzene ring substituents is 1. The lowest BCUT2D eigenvalue weighted by Crippen LogP contribution is -2.25. The maximum absolute atomic E-state index is 13.6. The fourth-order valence-electron chi connectivity index (χ4n) is 4.05. The summed E-state index contributed by atoms with van der Waals surface area (Å²) in [6.07, 6.45) is 0. The van der Waals surface area contributed by atoms with Gasteiger partial charge < -0.3 is 10.6 Å². The lowest BCUT2D eigenvalue weighted by atomic mass is 10.2. The van der Waals surface area contributed by atoms with Crippen LogP contribution in [-0.4, -0.2) is 34.5 Å². The highest BCUT2D eigenvalue weighted by atomic mass is 32.1. The number of nitrogens with zero attached hydrogens (tertiary/aromatic N) is 7. The summed E-state index contributed by atoms with van der Waals surface area (Å²) in [5, 5.41) is 35.9. The van der Waals surface area contributed by atoms with Crippen molar-refractivity contribution in [3.8, 4) is 0 Å². The third-order valence-electron chi connectivity index (χ3n) is 5.92. The molecule has 3 aromatic carbocycles. The monoisotopic (exact) mass is 593 g/mol. The lowest BCUT2D eigenvalue weighted by molar-refractivity contribution is -0.384. The van der Waals surface area contributed by atoms with Crippen molar-refractivity contribution >= 4 is 61.0 Å². The van der Waals surface area contributed by atoms with E-state index in [0.29, 0.717) is 42.7 Å². The number of aromatic nitrogens is 6. The van der Waals surface area contributed by atoms with E-state index in [-0.39, 0.29) is 30.4 Å². The number of halogens is 2. The molecule has 0 bridgehead atoms. The van der Waals surface area contributed by atoms with Crippen LogP contribution in [0, 0.1) is 21.7 Å². The summed E-state index contributed by atoms with van der Waals surface area (Å²) in [4.78, 5) is 24.6. The molecule has 2 N–H and O–H groups in total. The van der Waals surface area contributed by atoms with E-state index in [4.69, 9.17) is 0 Å². The second kappa shape index (κ2) is 10.8. The van der Waals surface area contributed by atoms with E-state index in [1.165, 1.54) is 74.3 Å². The Hall–Kier alpha value is -5.09. The molecule has 0 aliphatic heterocycles. The molecule has 41 heavy (non-hydrogen) atoms. The highest BCUT2D eigenvalue weighted by molar-refractivity contribution is 7.15. The zero-order valence-corrected chi connectivity index (χ0v) is 22.3. The average Bonchev–Trinajstić information content (AvgIpc) is 3.66. The first-order chi connectivity index (χ1) is 19.8. The minimum absolute atomic E-state index is 0.0136. The van der Waals surface area contributed by atoms with Crippen LogP contribution in [-0.2, 0) is 13.1 Å². The highest BCUT2D eigenvalue weighted by Gasteiger charge is 2.20. The fourth-order valence-corrected chi connectivity index (χ4v) is 5.55. The van der Waals surface area contributed by atoms with Crippen molar-refractivity contribution in [3.63, 3.8) is 0 Å². The molecule has 6 aromatic rings. The standard InChI is InChI=1S/C25H17F2N9O3S2/c26-14-1-5-16(6-2-14)28-23-32-30-21(40-23)12-34-19-10-9-18(36(38)39)11-20(19)35(25(34)37)13-22-31-33-24(41-22)29-17-7-3-15(27)4-8-17/h1-11H,12-13H2,(H,28,32)(H,29,33). The summed E-state index contributed by atoms with van der Waals surface area (Å²) in [6, 6.07) is 15.7. The number of hydrogen-bond acceptors (Lipinski definition) is 11. The third kappa shape index (κ3) is 5.64. The average molecular weight is 594 g/mol. The van der Waals surface area contributed by atoms with Crippen LogP contribution in [0.25, 0.3) is 11.0 Å². The van der Waals surface area contributed by atoms with Gasteiger partial charge >= 0.3 is 5.69 Å². The summed E-state index contributed by atoms with van der Waals surface area (Å²) in [7, 11) is 0. The van der Waals surface area contributed by atoms with Gasteiger partial charge in [-0.15, -0.1) is 20.4 Å². The number of anilines is 4. The quantitative estimate of drug-likeness (QED) is 0.169. The van der Waals surface area contributed by atoms with E-state index in [1.807, 2.05) is 0 Å². The predicted molar refractivity (Wildman–Crippen MR) is 150 cm³/mol. The van der Waals surface area contributed by atoms with Gasteiger partial charge in [-0.1, -0.05) is 22.7 Å². The first kappa shape index (κ1) is 26.1. The van der Waals surface area contributed by atoms with Gasteiger partial charge in [0.2, 0.25) is 10.3 Å². The van der Waals surface area contributed by atoms with Crippen LogP contribution in [0.4, 0.5) is 36.1 Å². The van der Waals surface area contributed by atoms with Crippen molar-refractivity contribution in [2.45, 2.75) is 13.1 Å². The van der Waals surface area contributed by atoms with Crippen LogP contribution in [0.15, 0.2) is 71.5 Å². The SMILES string of the molecule is O=c1n(Cc2nnc(Nc3ccc(F)cc3)s2)c2ccc([N+](=O)[O-])cc2n1Cc1nnc(Nc2ccc(F)cc2)s1. The molecule has 0 unspecified atom stereocenters. The summed E-state index contributed by atoms with van der Waals surface area (Å²) < 4.78 is 29.3. The van der Waals surface area contributed by atoms with Crippen LogP contribution < -0.4 is 16.3 Å². The molecule has 0 spiro atoms. The third-order valence-corrected chi connectivity index (χ3v) is 7.57. The molecule has 3 aromatic heterocycles. The molecule has 0 saturated heterocycles. The van der Waals surface area contributed by atoms with E-state index in [1.54, 1.807) is 24.3 Å². The van der Waals surface area contributed by atoms with Gasteiger partial charge in [0.1, 0.15) is 21.6 Å². The molecule has 12 nitrogen and oxygen atoms in total. The Bertz CT molecular complexity index is 1930. The van der Waals surface area contributed by atoms with Gasteiger partial charge in [0, 0.05) is 23.5 Å². The molecule has 206 valence electrons. The molecule has 6 rings (SSSR count). The van der Waals surface area contributed by atoms with E-state index >= 15 is 0 Å². The molecule has 3 heterocycles. The van der Waals surface area contributed by atoms with Crippen molar-refractivity contribution < 1.29 is 13.7 Å². The summed E-state index contributed by atoms with van der Waals surface area (Å²) in [6.45, 7) is 0.0795. The topological polar surface area (TPSA) is 146 Å². The number of nitro groups is 1. The van der Waals surface area contributed by atoms with Gasteiger partial charge in [0.15, 0.2) is 0 Å². The van der Waals surface area contributed by atoms with Crippen LogP contribution in [0.3, 0.4) is 0 Å². The number of fused-ring (bicyclic) bond motifs is 1. The van der Waals surface area contributed by atoms with Crippen LogP contribution in [0.2, 0.25) is 0 Å². The smallest absolute Gasteiger partial charge is 0.329 e. The Kier molecular flexibility index (Phi) is 6.90. The van der Waals surface area contributed by atoms with Crippen molar-refractivity contribution in [3.05, 3.63) is 109 Å². The van der Waals surface area contributed by atoms with Gasteiger partial charge in [-0.2, -0.15) is 0 Å². The molecule has 0 radical (unpaired) electrons. The highest BCUT2D eigenvalue weighted by Crippen LogP contribution is 2.26. The minimum atomic E-state index is -0.528. The van der Waals surface area contributed by atoms with Gasteiger partial charge in [-0.25, -0.2) is 13.6 Å². The number of rotatable bonds is 9. The van der Waals surface area contributed by atoms with Gasteiger partial charge in [0.05, 0.1) is 29.0 Å². The number of benzene rings is 3. The Balaban J connectivity index is 1.29. The number of hydrogen-bond donors (Lipinski definition) is 2. The summed E-state index contributed by atoms with van der Waals surface area (Å²) >= 11 is 2.40. The number of nitro benzene ring substituents is 1. The van der Waals surface area contributed by atoms with Crippen molar-refractivity contribution in [1.82, 2.24) is 29.5 Å². The molecular formula is C25H17F2N9O3S2. The molecule has 0 amide bonds. The largest absolute Gasteiger partial charge is 0.330 e. The molecule has 0 aliphatic rings. The fraction of sp³-hybridized carbons (Fsp3) is 0.0800. The molecule has 0 atom stereocenters. The van der Waals surface area contributed by atoms with Crippen LogP contribution >= 0.6 is 22.7 Å². The van der Waals surface area contributed by atoms with E-state index in [0.717, 1.165) is 0 Å². The van der Waals surface area contributed by atoms with Crippen molar-refractivity contribution in [1.29, 1.82) is 0 Å². The minimum Gasteiger partial charge on any atom is -0.330 e.